The summed E-state index contributed by atoms with van der Waals surface area (Å²) in [5.74, 6) is 0.150. The lowest BCUT2D eigenvalue weighted by Gasteiger charge is -2.07. The lowest BCUT2D eigenvalue weighted by Crippen LogP contribution is -2.03. The van der Waals surface area contributed by atoms with Gasteiger partial charge in [0.2, 0.25) is 0 Å². The zero-order valence-electron chi connectivity index (χ0n) is 15.4. The van der Waals surface area contributed by atoms with Gasteiger partial charge in [0.05, 0.1) is 0 Å². The summed E-state index contributed by atoms with van der Waals surface area (Å²) in [6.45, 7) is 0.787. The van der Waals surface area contributed by atoms with E-state index in [9.17, 15) is 4.79 Å². The fourth-order valence-corrected chi connectivity index (χ4v) is 3.38. The first-order valence-corrected chi connectivity index (χ1v) is 9.15. The monoisotopic (exact) mass is 354 g/mol. The highest BCUT2D eigenvalue weighted by molar-refractivity contribution is 6.08. The summed E-state index contributed by atoms with van der Waals surface area (Å²) in [5.41, 5.74) is 5.20. The lowest BCUT2D eigenvalue weighted by molar-refractivity contribution is 0.0994. The number of carbonyl (C=O) groups is 1. The Balaban J connectivity index is 1.44. The molecule has 0 aliphatic rings. The van der Waals surface area contributed by atoms with Crippen LogP contribution in [0.2, 0.25) is 0 Å². The number of nitrogens with zero attached hydrogens (tertiary/aromatic N) is 1. The second kappa shape index (κ2) is 7.50. The van der Waals surface area contributed by atoms with Crippen molar-refractivity contribution in [1.82, 2.24) is 4.57 Å². The van der Waals surface area contributed by atoms with E-state index in [1.165, 1.54) is 5.56 Å². The van der Waals surface area contributed by atoms with E-state index in [1.54, 1.807) is 0 Å². The van der Waals surface area contributed by atoms with Crippen molar-refractivity contribution in [3.8, 4) is 0 Å². The third-order valence-electron chi connectivity index (χ3n) is 4.86. The highest BCUT2D eigenvalue weighted by atomic mass is 16.1. The van der Waals surface area contributed by atoms with Crippen molar-refractivity contribution >= 4 is 22.4 Å². The molecule has 1 heterocycles. The van der Waals surface area contributed by atoms with Crippen LogP contribution in [0.1, 0.15) is 21.5 Å². The van der Waals surface area contributed by atoms with Crippen molar-refractivity contribution in [2.75, 3.05) is 5.32 Å². The number of para-hydroxylation sites is 1. The standard InChI is InChI=1S/C24H22N2O/c1-26-17-22(21-9-5-6-10-23(21)26)24(27)15-18-11-13-20(14-12-18)25-16-19-7-3-2-4-8-19/h2-14,17,25H,15-16H2,1H3. The van der Waals surface area contributed by atoms with Gasteiger partial charge < -0.3 is 9.88 Å². The lowest BCUT2D eigenvalue weighted by atomic mass is 10.0. The molecule has 0 fully saturated rings. The van der Waals surface area contributed by atoms with Gasteiger partial charge in [0.25, 0.3) is 0 Å². The van der Waals surface area contributed by atoms with Crippen molar-refractivity contribution in [2.24, 2.45) is 7.05 Å². The molecule has 3 heteroatoms. The SMILES string of the molecule is Cn1cc(C(=O)Cc2ccc(NCc3ccccc3)cc2)c2ccccc21. The van der Waals surface area contributed by atoms with Gasteiger partial charge >= 0.3 is 0 Å². The number of benzene rings is 3. The smallest absolute Gasteiger partial charge is 0.169 e. The first-order chi connectivity index (χ1) is 13.2. The molecule has 0 aliphatic heterocycles. The van der Waals surface area contributed by atoms with Gasteiger partial charge in [-0.05, 0) is 29.3 Å². The van der Waals surface area contributed by atoms with E-state index in [2.05, 4.69) is 17.4 Å². The number of aryl methyl sites for hydroxylation is 1. The van der Waals surface area contributed by atoms with E-state index >= 15 is 0 Å². The average molecular weight is 354 g/mol. The molecule has 0 radical (unpaired) electrons. The second-order valence-electron chi connectivity index (χ2n) is 6.81. The second-order valence-corrected chi connectivity index (χ2v) is 6.81. The van der Waals surface area contributed by atoms with Crippen molar-refractivity contribution < 1.29 is 4.79 Å². The number of hydrogen-bond donors (Lipinski definition) is 1. The van der Waals surface area contributed by atoms with Gasteiger partial charge in [0, 0.05) is 48.4 Å². The summed E-state index contributed by atoms with van der Waals surface area (Å²) < 4.78 is 2.01. The highest BCUT2D eigenvalue weighted by Gasteiger charge is 2.14. The van der Waals surface area contributed by atoms with Gasteiger partial charge in [0.1, 0.15) is 0 Å². The van der Waals surface area contributed by atoms with Gasteiger partial charge in [-0.2, -0.15) is 0 Å². The van der Waals surface area contributed by atoms with Crippen molar-refractivity contribution in [2.45, 2.75) is 13.0 Å². The van der Waals surface area contributed by atoms with E-state index in [0.29, 0.717) is 6.42 Å². The summed E-state index contributed by atoms with van der Waals surface area (Å²) in [7, 11) is 1.98. The minimum absolute atomic E-state index is 0.150. The summed E-state index contributed by atoms with van der Waals surface area (Å²) in [5, 5.41) is 4.43. The summed E-state index contributed by atoms with van der Waals surface area (Å²) in [6, 6.07) is 26.5. The molecule has 0 saturated carbocycles. The maximum Gasteiger partial charge on any atom is 0.169 e. The average Bonchev–Trinajstić information content (AvgIpc) is 3.05. The first kappa shape index (κ1) is 17.1. The van der Waals surface area contributed by atoms with Gasteiger partial charge in [-0.3, -0.25) is 4.79 Å². The number of hydrogen-bond acceptors (Lipinski definition) is 2. The third-order valence-corrected chi connectivity index (χ3v) is 4.86. The third kappa shape index (κ3) is 3.77. The Bertz CT molecular complexity index is 1060. The zero-order chi connectivity index (χ0) is 18.6. The van der Waals surface area contributed by atoms with Gasteiger partial charge in [-0.25, -0.2) is 0 Å². The molecule has 4 rings (SSSR count). The quantitative estimate of drug-likeness (QED) is 0.482. The van der Waals surface area contributed by atoms with E-state index in [0.717, 1.165) is 34.3 Å². The molecule has 0 saturated heterocycles. The molecular formula is C24H22N2O. The number of nitrogens with one attached hydrogen (secondary N) is 1. The van der Waals surface area contributed by atoms with Gasteiger partial charge in [-0.1, -0.05) is 60.7 Å². The minimum atomic E-state index is 0.150. The summed E-state index contributed by atoms with van der Waals surface area (Å²) in [4.78, 5) is 12.8. The van der Waals surface area contributed by atoms with E-state index in [1.807, 2.05) is 84.5 Å². The molecule has 0 amide bonds. The molecule has 3 aromatic carbocycles. The Morgan fingerprint density at radius 1 is 0.852 bits per heavy atom. The Morgan fingerprint density at radius 3 is 2.33 bits per heavy atom. The maximum absolute atomic E-state index is 12.8. The van der Waals surface area contributed by atoms with E-state index in [-0.39, 0.29) is 5.78 Å². The number of rotatable bonds is 6. The van der Waals surface area contributed by atoms with Gasteiger partial charge in [0.15, 0.2) is 5.78 Å². The highest BCUT2D eigenvalue weighted by Crippen LogP contribution is 2.22. The first-order valence-electron chi connectivity index (χ1n) is 9.15. The fourth-order valence-electron chi connectivity index (χ4n) is 3.38. The van der Waals surface area contributed by atoms with Crippen LogP contribution in [-0.2, 0) is 20.0 Å². The number of anilines is 1. The van der Waals surface area contributed by atoms with Crippen molar-refractivity contribution in [3.63, 3.8) is 0 Å². The van der Waals surface area contributed by atoms with Crippen LogP contribution < -0.4 is 5.32 Å². The van der Waals surface area contributed by atoms with E-state index in [4.69, 9.17) is 0 Å². The van der Waals surface area contributed by atoms with Crippen LogP contribution >= 0.6 is 0 Å². The Labute approximate surface area is 159 Å². The Kier molecular flexibility index (Phi) is 4.75. The van der Waals surface area contributed by atoms with Crippen molar-refractivity contribution in [1.29, 1.82) is 0 Å². The van der Waals surface area contributed by atoms with Gasteiger partial charge in [-0.15, -0.1) is 0 Å². The number of ketones is 1. The predicted molar refractivity (Wildman–Crippen MR) is 111 cm³/mol. The topological polar surface area (TPSA) is 34.0 Å². The van der Waals surface area contributed by atoms with Crippen LogP contribution in [0.3, 0.4) is 0 Å². The van der Waals surface area contributed by atoms with Crippen LogP contribution in [0.25, 0.3) is 10.9 Å². The molecule has 1 N–H and O–H groups in total. The van der Waals surface area contributed by atoms with Crippen LogP contribution in [-0.4, -0.2) is 10.4 Å². The largest absolute Gasteiger partial charge is 0.381 e. The van der Waals surface area contributed by atoms with Crippen molar-refractivity contribution in [3.05, 3.63) is 102 Å². The summed E-state index contributed by atoms with van der Waals surface area (Å²) in [6.07, 6.45) is 2.34. The van der Waals surface area contributed by atoms with Crippen LogP contribution in [0.4, 0.5) is 5.69 Å². The normalized spacial score (nSPS) is 10.9. The Morgan fingerprint density at radius 2 is 1.56 bits per heavy atom. The Hall–Kier alpha value is -3.33. The number of aromatic nitrogens is 1. The zero-order valence-corrected chi connectivity index (χ0v) is 15.4. The number of fused-ring (bicyclic) bond motifs is 1. The molecule has 0 unspecified atom stereocenters. The molecule has 0 atom stereocenters. The van der Waals surface area contributed by atoms with Crippen LogP contribution in [0.5, 0.6) is 0 Å². The molecule has 0 spiro atoms. The number of carbonyl (C=O) groups excluding carboxylic acids is 1. The molecule has 134 valence electrons. The van der Waals surface area contributed by atoms with E-state index < -0.39 is 0 Å². The molecule has 4 aromatic rings. The molecule has 1 aromatic heterocycles. The predicted octanol–water partition coefficient (Wildman–Crippen LogP) is 5.22. The molecule has 0 aliphatic carbocycles. The molecule has 0 bridgehead atoms. The molecule has 27 heavy (non-hydrogen) atoms. The molecular weight excluding hydrogens is 332 g/mol. The minimum Gasteiger partial charge on any atom is -0.381 e. The molecule has 3 nitrogen and oxygen atoms in total. The maximum atomic E-state index is 12.8. The summed E-state index contributed by atoms with van der Waals surface area (Å²) >= 11 is 0. The van der Waals surface area contributed by atoms with Crippen LogP contribution in [0, 0.1) is 0 Å². The van der Waals surface area contributed by atoms with Crippen LogP contribution in [0.15, 0.2) is 85.1 Å². The fraction of sp³-hybridized carbons (Fsp3) is 0.125. The number of Topliss-reactive ketones (excluding diaryl/α,β-unsaturated/α-hetero) is 1.